The molecule has 114 valence electrons. The number of hydrogen-bond acceptors (Lipinski definition) is 3. The summed E-state index contributed by atoms with van der Waals surface area (Å²) in [6, 6.07) is 3.90. The van der Waals surface area contributed by atoms with Gasteiger partial charge in [0.05, 0.1) is 5.56 Å². The molecule has 7 nitrogen and oxygen atoms in total. The number of carbonyl (C=O) groups excluding carboxylic acids is 2. The van der Waals surface area contributed by atoms with Crippen LogP contribution in [0, 0.1) is 6.92 Å². The number of primary amides is 1. The third-order valence-electron chi connectivity index (χ3n) is 2.80. The smallest absolute Gasteiger partial charge is 0.335 e. The van der Waals surface area contributed by atoms with E-state index in [9.17, 15) is 14.4 Å². The van der Waals surface area contributed by atoms with E-state index < -0.39 is 23.4 Å². The molecule has 0 spiro atoms. The second-order valence-electron chi connectivity index (χ2n) is 5.44. The summed E-state index contributed by atoms with van der Waals surface area (Å²) in [5.74, 6) is -1.60. The Morgan fingerprint density at radius 1 is 1.29 bits per heavy atom. The van der Waals surface area contributed by atoms with Crippen molar-refractivity contribution in [3.63, 3.8) is 0 Å². The lowest BCUT2D eigenvalue weighted by molar-refractivity contribution is -0.119. The number of rotatable bonds is 5. The predicted octanol–water partition coefficient (Wildman–Crippen LogP) is 1.47. The number of urea groups is 1. The summed E-state index contributed by atoms with van der Waals surface area (Å²) in [6.07, 6.45) is -0.00539. The molecule has 1 rings (SSSR count). The van der Waals surface area contributed by atoms with Crippen molar-refractivity contribution in [3.05, 3.63) is 29.3 Å². The van der Waals surface area contributed by atoms with Crippen molar-refractivity contribution in [2.75, 3.05) is 5.32 Å². The second-order valence-corrected chi connectivity index (χ2v) is 5.44. The van der Waals surface area contributed by atoms with Gasteiger partial charge in [-0.1, -0.05) is 6.07 Å². The van der Waals surface area contributed by atoms with Gasteiger partial charge in [-0.15, -0.1) is 0 Å². The van der Waals surface area contributed by atoms with E-state index >= 15 is 0 Å². The van der Waals surface area contributed by atoms with Crippen LogP contribution in [-0.4, -0.2) is 28.6 Å². The Hall–Kier alpha value is -2.57. The third kappa shape index (κ3) is 5.13. The molecule has 7 heteroatoms. The number of carboxylic acids is 1. The summed E-state index contributed by atoms with van der Waals surface area (Å²) >= 11 is 0. The largest absolute Gasteiger partial charge is 0.478 e. The zero-order valence-corrected chi connectivity index (χ0v) is 12.2. The first-order valence-corrected chi connectivity index (χ1v) is 6.32. The number of carboxylic acid groups (broad SMARTS) is 1. The van der Waals surface area contributed by atoms with Crippen molar-refractivity contribution in [2.45, 2.75) is 32.7 Å². The second kappa shape index (κ2) is 6.25. The highest BCUT2D eigenvalue weighted by atomic mass is 16.4. The maximum Gasteiger partial charge on any atom is 0.335 e. The molecule has 5 N–H and O–H groups in total. The van der Waals surface area contributed by atoms with Gasteiger partial charge < -0.3 is 21.5 Å². The summed E-state index contributed by atoms with van der Waals surface area (Å²) in [5.41, 5.74) is 5.50. The lowest BCUT2D eigenvalue weighted by atomic mass is 10.0. The maximum atomic E-state index is 11.9. The molecule has 0 saturated carbocycles. The van der Waals surface area contributed by atoms with E-state index in [-0.39, 0.29) is 12.0 Å². The average Bonchev–Trinajstić information content (AvgIpc) is 2.28. The van der Waals surface area contributed by atoms with Gasteiger partial charge in [0.15, 0.2) is 0 Å². The molecule has 0 saturated heterocycles. The fraction of sp³-hybridized carbons (Fsp3) is 0.357. The lowest BCUT2D eigenvalue weighted by Gasteiger charge is -2.25. The van der Waals surface area contributed by atoms with Gasteiger partial charge in [-0.3, -0.25) is 4.79 Å². The molecule has 0 aromatic heterocycles. The summed E-state index contributed by atoms with van der Waals surface area (Å²) in [4.78, 5) is 33.8. The molecule has 0 atom stereocenters. The van der Waals surface area contributed by atoms with Crippen LogP contribution in [0.4, 0.5) is 10.5 Å². The molecule has 0 unspecified atom stereocenters. The van der Waals surface area contributed by atoms with E-state index in [1.54, 1.807) is 26.8 Å². The van der Waals surface area contributed by atoms with Crippen LogP contribution in [0.5, 0.6) is 0 Å². The Kier molecular flexibility index (Phi) is 4.91. The zero-order chi connectivity index (χ0) is 16.2. The lowest BCUT2D eigenvalue weighted by Crippen LogP contribution is -2.47. The van der Waals surface area contributed by atoms with E-state index in [0.717, 1.165) is 5.56 Å². The molecule has 1 aromatic carbocycles. The van der Waals surface area contributed by atoms with Gasteiger partial charge in [-0.2, -0.15) is 0 Å². The first kappa shape index (κ1) is 16.5. The predicted molar refractivity (Wildman–Crippen MR) is 78.2 cm³/mol. The topological polar surface area (TPSA) is 122 Å². The molecule has 0 fully saturated rings. The molecule has 1 aromatic rings. The van der Waals surface area contributed by atoms with Crippen LogP contribution in [0.15, 0.2) is 18.2 Å². The van der Waals surface area contributed by atoms with Crippen molar-refractivity contribution < 1.29 is 19.5 Å². The van der Waals surface area contributed by atoms with Crippen LogP contribution in [0.25, 0.3) is 0 Å². The Balaban J connectivity index is 2.81. The van der Waals surface area contributed by atoms with Crippen LogP contribution in [0.3, 0.4) is 0 Å². The Labute approximate surface area is 122 Å². The average molecular weight is 293 g/mol. The van der Waals surface area contributed by atoms with Gasteiger partial charge in [0, 0.05) is 17.6 Å². The Morgan fingerprint density at radius 3 is 2.43 bits per heavy atom. The van der Waals surface area contributed by atoms with Gasteiger partial charge in [0.2, 0.25) is 5.91 Å². The first-order valence-electron chi connectivity index (χ1n) is 6.32. The standard InChI is InChI=1S/C14H19N3O4/c1-8-4-5-9(12(19)20)6-10(8)16-13(21)17-14(2,3)7-11(15)18/h4-6H,7H2,1-3H3,(H2,15,18)(H,19,20)(H2,16,17,21). The highest BCUT2D eigenvalue weighted by Gasteiger charge is 2.23. The first-order chi connectivity index (χ1) is 9.60. The van der Waals surface area contributed by atoms with Crippen LogP contribution < -0.4 is 16.4 Å². The van der Waals surface area contributed by atoms with Gasteiger partial charge in [-0.25, -0.2) is 9.59 Å². The van der Waals surface area contributed by atoms with Crippen molar-refractivity contribution in [1.82, 2.24) is 5.32 Å². The highest BCUT2D eigenvalue weighted by molar-refractivity contribution is 5.94. The van der Waals surface area contributed by atoms with Crippen LogP contribution in [0.2, 0.25) is 0 Å². The van der Waals surface area contributed by atoms with Crippen LogP contribution in [-0.2, 0) is 4.79 Å². The number of anilines is 1. The quantitative estimate of drug-likeness (QED) is 0.656. The minimum atomic E-state index is -1.08. The van der Waals surface area contributed by atoms with Gasteiger partial charge in [0.1, 0.15) is 0 Å². The fourth-order valence-corrected chi connectivity index (χ4v) is 1.83. The van der Waals surface area contributed by atoms with Gasteiger partial charge in [-0.05, 0) is 38.5 Å². The van der Waals surface area contributed by atoms with Crippen LogP contribution >= 0.6 is 0 Å². The molecular formula is C14H19N3O4. The number of aryl methyl sites for hydroxylation is 1. The molecule has 0 radical (unpaired) electrons. The maximum absolute atomic E-state index is 11.9. The Bertz CT molecular complexity index is 582. The van der Waals surface area contributed by atoms with Gasteiger partial charge in [0.25, 0.3) is 0 Å². The van der Waals surface area contributed by atoms with Gasteiger partial charge >= 0.3 is 12.0 Å². The third-order valence-corrected chi connectivity index (χ3v) is 2.80. The van der Waals surface area contributed by atoms with Crippen molar-refractivity contribution in [1.29, 1.82) is 0 Å². The molecule has 0 bridgehead atoms. The molecule has 21 heavy (non-hydrogen) atoms. The number of hydrogen-bond donors (Lipinski definition) is 4. The van der Waals surface area contributed by atoms with E-state index in [2.05, 4.69) is 10.6 Å². The number of nitrogens with one attached hydrogen (secondary N) is 2. The van der Waals surface area contributed by atoms with Crippen LogP contribution in [0.1, 0.15) is 36.2 Å². The fourth-order valence-electron chi connectivity index (χ4n) is 1.83. The number of aromatic carboxylic acids is 1. The van der Waals surface area contributed by atoms with E-state index in [1.807, 2.05) is 0 Å². The molecular weight excluding hydrogens is 274 g/mol. The normalized spacial score (nSPS) is 10.8. The molecule has 0 aliphatic rings. The highest BCUT2D eigenvalue weighted by Crippen LogP contribution is 2.17. The number of benzene rings is 1. The van der Waals surface area contributed by atoms with E-state index in [1.165, 1.54) is 12.1 Å². The van der Waals surface area contributed by atoms with Crippen molar-refractivity contribution in [3.8, 4) is 0 Å². The summed E-state index contributed by atoms with van der Waals surface area (Å²) in [6.45, 7) is 5.07. The summed E-state index contributed by atoms with van der Waals surface area (Å²) in [5, 5.41) is 14.1. The Morgan fingerprint density at radius 2 is 1.90 bits per heavy atom. The molecule has 0 aliphatic carbocycles. The van der Waals surface area contributed by atoms with E-state index in [4.69, 9.17) is 10.8 Å². The molecule has 3 amide bonds. The number of amides is 3. The summed E-state index contributed by atoms with van der Waals surface area (Å²) in [7, 11) is 0. The van der Waals surface area contributed by atoms with Crippen molar-refractivity contribution >= 4 is 23.6 Å². The number of carbonyl (C=O) groups is 3. The van der Waals surface area contributed by atoms with Crippen molar-refractivity contribution in [2.24, 2.45) is 5.73 Å². The monoisotopic (exact) mass is 293 g/mol. The SMILES string of the molecule is Cc1ccc(C(=O)O)cc1NC(=O)NC(C)(C)CC(N)=O. The van der Waals surface area contributed by atoms with E-state index in [0.29, 0.717) is 5.69 Å². The minimum absolute atomic E-state index is 0.00539. The zero-order valence-electron chi connectivity index (χ0n) is 12.2. The minimum Gasteiger partial charge on any atom is -0.478 e. The summed E-state index contributed by atoms with van der Waals surface area (Å²) < 4.78 is 0. The number of nitrogens with two attached hydrogens (primary N) is 1. The molecule has 0 heterocycles. The molecule has 0 aliphatic heterocycles.